The largest absolute Gasteiger partial charge is 0.327 e. The molecule has 0 amide bonds. The Morgan fingerprint density at radius 1 is 1.18 bits per heavy atom. The average Bonchev–Trinajstić information content (AvgIpc) is 2.38. The lowest BCUT2D eigenvalue weighted by molar-refractivity contribution is 1.04. The SMILES string of the molecule is Cc1nccnc1N(C)c1ccccc1C#N. The smallest absolute Gasteiger partial charge is 0.154 e. The lowest BCUT2D eigenvalue weighted by Gasteiger charge is -2.20. The van der Waals surface area contributed by atoms with Crippen LogP contribution in [0.1, 0.15) is 11.3 Å². The first-order valence-electron chi connectivity index (χ1n) is 5.24. The molecule has 0 N–H and O–H groups in total. The van der Waals surface area contributed by atoms with Crippen molar-refractivity contribution in [3.8, 4) is 6.07 Å². The third-order valence-corrected chi connectivity index (χ3v) is 2.56. The number of benzene rings is 1. The van der Waals surface area contributed by atoms with E-state index in [0.717, 1.165) is 17.2 Å². The van der Waals surface area contributed by atoms with Gasteiger partial charge in [-0.2, -0.15) is 5.26 Å². The highest BCUT2D eigenvalue weighted by Gasteiger charge is 2.11. The molecular weight excluding hydrogens is 212 g/mol. The third kappa shape index (κ3) is 2.08. The van der Waals surface area contributed by atoms with E-state index in [4.69, 9.17) is 5.26 Å². The van der Waals surface area contributed by atoms with Gasteiger partial charge in [-0.1, -0.05) is 12.1 Å². The molecule has 1 aromatic carbocycles. The summed E-state index contributed by atoms with van der Waals surface area (Å²) in [6.07, 6.45) is 3.30. The highest BCUT2D eigenvalue weighted by Crippen LogP contribution is 2.25. The second-order valence-corrected chi connectivity index (χ2v) is 3.65. The van der Waals surface area contributed by atoms with E-state index >= 15 is 0 Å². The summed E-state index contributed by atoms with van der Waals surface area (Å²) in [6, 6.07) is 9.61. The number of aromatic nitrogens is 2. The lowest BCUT2D eigenvalue weighted by Crippen LogP contribution is -2.14. The first-order valence-corrected chi connectivity index (χ1v) is 5.24. The summed E-state index contributed by atoms with van der Waals surface area (Å²) in [6.45, 7) is 1.90. The molecule has 1 aromatic heterocycles. The summed E-state index contributed by atoms with van der Waals surface area (Å²) >= 11 is 0. The fourth-order valence-electron chi connectivity index (χ4n) is 1.70. The van der Waals surface area contributed by atoms with Crippen LogP contribution < -0.4 is 4.90 Å². The van der Waals surface area contributed by atoms with Crippen LogP contribution in [0.25, 0.3) is 0 Å². The summed E-state index contributed by atoms with van der Waals surface area (Å²) in [7, 11) is 1.88. The quantitative estimate of drug-likeness (QED) is 0.786. The minimum atomic E-state index is 0.625. The van der Waals surface area contributed by atoms with Gasteiger partial charge in [0.1, 0.15) is 6.07 Å². The van der Waals surface area contributed by atoms with Crippen LogP contribution in [-0.4, -0.2) is 17.0 Å². The van der Waals surface area contributed by atoms with Gasteiger partial charge in [-0.05, 0) is 19.1 Å². The topological polar surface area (TPSA) is 52.8 Å². The van der Waals surface area contributed by atoms with E-state index in [1.165, 1.54) is 0 Å². The van der Waals surface area contributed by atoms with Gasteiger partial charge >= 0.3 is 0 Å². The van der Waals surface area contributed by atoms with Crippen LogP contribution in [0.2, 0.25) is 0 Å². The molecule has 2 rings (SSSR count). The molecule has 0 fully saturated rings. The van der Waals surface area contributed by atoms with E-state index in [1.54, 1.807) is 18.5 Å². The predicted octanol–water partition coefficient (Wildman–Crippen LogP) is 2.42. The third-order valence-electron chi connectivity index (χ3n) is 2.56. The van der Waals surface area contributed by atoms with Crippen molar-refractivity contribution >= 4 is 11.5 Å². The fourth-order valence-corrected chi connectivity index (χ4v) is 1.70. The molecule has 0 saturated carbocycles. The Labute approximate surface area is 100 Å². The zero-order valence-corrected chi connectivity index (χ0v) is 9.75. The number of nitrogens with zero attached hydrogens (tertiary/aromatic N) is 4. The maximum atomic E-state index is 9.07. The molecule has 4 nitrogen and oxygen atoms in total. The molecule has 0 radical (unpaired) electrons. The number of rotatable bonds is 2. The lowest BCUT2D eigenvalue weighted by atomic mass is 10.2. The van der Waals surface area contributed by atoms with Gasteiger partial charge in [-0.25, -0.2) is 4.98 Å². The van der Waals surface area contributed by atoms with Gasteiger partial charge in [-0.3, -0.25) is 4.98 Å². The zero-order chi connectivity index (χ0) is 12.3. The van der Waals surface area contributed by atoms with Crippen LogP contribution in [0.15, 0.2) is 36.7 Å². The second-order valence-electron chi connectivity index (χ2n) is 3.65. The van der Waals surface area contributed by atoms with Crippen molar-refractivity contribution in [3.05, 3.63) is 47.9 Å². The van der Waals surface area contributed by atoms with E-state index < -0.39 is 0 Å². The standard InChI is InChI=1S/C13H12N4/c1-10-13(16-8-7-15-10)17(2)12-6-4-3-5-11(12)9-14/h3-8H,1-2H3. The van der Waals surface area contributed by atoms with E-state index in [-0.39, 0.29) is 0 Å². The molecule has 0 saturated heterocycles. The Hall–Kier alpha value is -2.41. The summed E-state index contributed by atoms with van der Waals surface area (Å²) in [5.41, 5.74) is 2.29. The van der Waals surface area contributed by atoms with Gasteiger partial charge in [0.05, 0.1) is 16.9 Å². The molecule has 0 aliphatic carbocycles. The Morgan fingerprint density at radius 3 is 2.59 bits per heavy atom. The van der Waals surface area contributed by atoms with E-state index in [2.05, 4.69) is 16.0 Å². The van der Waals surface area contributed by atoms with Crippen molar-refractivity contribution in [3.63, 3.8) is 0 Å². The predicted molar refractivity (Wildman–Crippen MR) is 66.0 cm³/mol. The summed E-state index contributed by atoms with van der Waals surface area (Å²) in [5.74, 6) is 0.759. The monoisotopic (exact) mass is 224 g/mol. The normalized spacial score (nSPS) is 9.71. The number of anilines is 2. The molecule has 84 valence electrons. The zero-order valence-electron chi connectivity index (χ0n) is 9.75. The first-order chi connectivity index (χ1) is 8.24. The summed E-state index contributed by atoms with van der Waals surface area (Å²) < 4.78 is 0. The molecule has 0 spiro atoms. The minimum Gasteiger partial charge on any atom is -0.327 e. The van der Waals surface area contributed by atoms with Crippen LogP contribution in [0, 0.1) is 18.3 Å². The molecule has 1 heterocycles. The molecule has 0 aliphatic heterocycles. The fraction of sp³-hybridized carbons (Fsp3) is 0.154. The van der Waals surface area contributed by atoms with Crippen LogP contribution in [-0.2, 0) is 0 Å². The second kappa shape index (κ2) is 4.62. The highest BCUT2D eigenvalue weighted by molar-refractivity contribution is 5.67. The molecule has 17 heavy (non-hydrogen) atoms. The van der Waals surface area contributed by atoms with Gasteiger partial charge in [0.15, 0.2) is 5.82 Å². The van der Waals surface area contributed by atoms with Crippen molar-refractivity contribution in [1.29, 1.82) is 5.26 Å². The van der Waals surface area contributed by atoms with Crippen LogP contribution in [0.3, 0.4) is 0 Å². The number of aryl methyl sites for hydroxylation is 1. The molecule has 0 aliphatic rings. The number of hydrogen-bond acceptors (Lipinski definition) is 4. The van der Waals surface area contributed by atoms with E-state index in [9.17, 15) is 0 Å². The highest BCUT2D eigenvalue weighted by atomic mass is 15.2. The Morgan fingerprint density at radius 2 is 1.88 bits per heavy atom. The first kappa shape index (κ1) is 11.1. The van der Waals surface area contributed by atoms with Gasteiger partial charge in [0.25, 0.3) is 0 Å². The van der Waals surface area contributed by atoms with Crippen LogP contribution in [0.4, 0.5) is 11.5 Å². The summed E-state index contributed by atoms with van der Waals surface area (Å²) in [4.78, 5) is 10.4. The maximum Gasteiger partial charge on any atom is 0.154 e. The van der Waals surface area contributed by atoms with Crippen molar-refractivity contribution in [1.82, 2.24) is 9.97 Å². The molecule has 0 unspecified atom stereocenters. The van der Waals surface area contributed by atoms with Gasteiger partial charge < -0.3 is 4.90 Å². The van der Waals surface area contributed by atoms with E-state index in [1.807, 2.05) is 37.1 Å². The summed E-state index contributed by atoms with van der Waals surface area (Å²) in [5, 5.41) is 9.07. The molecule has 2 aromatic rings. The van der Waals surface area contributed by atoms with E-state index in [0.29, 0.717) is 5.56 Å². The molecule has 0 bridgehead atoms. The van der Waals surface area contributed by atoms with Gasteiger partial charge in [0.2, 0.25) is 0 Å². The average molecular weight is 224 g/mol. The molecular formula is C13H12N4. The Balaban J connectivity index is 2.48. The molecule has 4 heteroatoms. The Kier molecular flexibility index (Phi) is 3.01. The van der Waals surface area contributed by atoms with Gasteiger partial charge in [0, 0.05) is 19.4 Å². The van der Waals surface area contributed by atoms with Crippen molar-refractivity contribution in [2.24, 2.45) is 0 Å². The number of nitriles is 1. The van der Waals surface area contributed by atoms with Crippen molar-refractivity contribution < 1.29 is 0 Å². The number of hydrogen-bond donors (Lipinski definition) is 0. The van der Waals surface area contributed by atoms with Crippen LogP contribution in [0.5, 0.6) is 0 Å². The number of para-hydroxylation sites is 1. The Bertz CT molecular complexity index is 572. The maximum absolute atomic E-state index is 9.07. The van der Waals surface area contributed by atoms with Crippen molar-refractivity contribution in [2.45, 2.75) is 6.92 Å². The van der Waals surface area contributed by atoms with Crippen molar-refractivity contribution in [2.75, 3.05) is 11.9 Å². The van der Waals surface area contributed by atoms with Gasteiger partial charge in [-0.15, -0.1) is 0 Å². The van der Waals surface area contributed by atoms with Crippen LogP contribution >= 0.6 is 0 Å². The molecule has 0 atom stereocenters. The minimum absolute atomic E-state index is 0.625.